The Balaban J connectivity index is 1.37. The van der Waals surface area contributed by atoms with Crippen LogP contribution in [0.3, 0.4) is 0 Å². The van der Waals surface area contributed by atoms with Gasteiger partial charge in [-0.25, -0.2) is 4.79 Å². The highest BCUT2D eigenvalue weighted by Gasteiger charge is 2.20. The van der Waals surface area contributed by atoms with Crippen LogP contribution in [0.25, 0.3) is 27.0 Å². The molecule has 0 aliphatic carbocycles. The number of carbonyl (C=O) groups excluding carboxylic acids is 2. The van der Waals surface area contributed by atoms with Crippen molar-refractivity contribution in [3.8, 4) is 10.4 Å². The lowest BCUT2D eigenvalue weighted by Crippen LogP contribution is -2.16. The molecule has 34 heavy (non-hydrogen) atoms. The number of hydrogen-bond acceptors (Lipinski definition) is 7. The van der Waals surface area contributed by atoms with E-state index in [9.17, 15) is 9.59 Å². The van der Waals surface area contributed by atoms with E-state index in [2.05, 4.69) is 15.5 Å². The molecule has 0 atom stereocenters. The third kappa shape index (κ3) is 4.40. The summed E-state index contributed by atoms with van der Waals surface area (Å²) in [7, 11) is 0. The van der Waals surface area contributed by atoms with Crippen LogP contribution in [0.2, 0.25) is 0 Å². The molecule has 1 N–H and O–H groups in total. The quantitative estimate of drug-likeness (QED) is 0.240. The number of carbonyl (C=O) groups is 2. The molecule has 2 aromatic carbocycles. The molecule has 5 aromatic rings. The zero-order valence-corrected chi connectivity index (χ0v) is 19.9. The number of thiophene rings is 1. The maximum absolute atomic E-state index is 12.9. The van der Waals surface area contributed by atoms with Gasteiger partial charge in [0, 0.05) is 4.88 Å². The third-order valence-electron chi connectivity index (χ3n) is 5.12. The van der Waals surface area contributed by atoms with Gasteiger partial charge in [-0.1, -0.05) is 60.3 Å². The van der Waals surface area contributed by atoms with Gasteiger partial charge in [0.15, 0.2) is 10.8 Å². The predicted molar refractivity (Wildman–Crippen MR) is 136 cm³/mol. The molecule has 0 saturated heterocycles. The minimum absolute atomic E-state index is 0.116. The van der Waals surface area contributed by atoms with Crippen LogP contribution in [-0.4, -0.2) is 38.8 Å². The zero-order chi connectivity index (χ0) is 23.5. The summed E-state index contributed by atoms with van der Waals surface area (Å²) in [6.07, 6.45) is 0. The number of nitrogens with zero attached hydrogens (tertiary/aromatic N) is 3. The third-order valence-corrected chi connectivity index (χ3v) is 7.15. The van der Waals surface area contributed by atoms with Crippen LogP contribution in [0.15, 0.2) is 78.0 Å². The Hall–Kier alpha value is -3.69. The fourth-order valence-electron chi connectivity index (χ4n) is 3.59. The van der Waals surface area contributed by atoms with Crippen molar-refractivity contribution < 1.29 is 14.3 Å². The van der Waals surface area contributed by atoms with Crippen molar-refractivity contribution in [3.63, 3.8) is 0 Å². The minimum Gasteiger partial charge on any atom is -0.462 e. The number of nitrogens with one attached hydrogen (secondary N) is 1. The van der Waals surface area contributed by atoms with Crippen molar-refractivity contribution in [3.05, 3.63) is 78.4 Å². The van der Waals surface area contributed by atoms with Gasteiger partial charge in [-0.3, -0.25) is 9.20 Å². The van der Waals surface area contributed by atoms with Crippen molar-refractivity contribution in [2.24, 2.45) is 0 Å². The van der Waals surface area contributed by atoms with Gasteiger partial charge in [0.2, 0.25) is 5.91 Å². The SMILES string of the molecule is CCOC(=O)c1cc(-c2ccccc2)sc1NC(=O)CSc1nnc2ccc3ccccc3n12. The molecule has 9 heteroatoms. The van der Waals surface area contributed by atoms with Crippen LogP contribution in [0.4, 0.5) is 5.00 Å². The molecule has 170 valence electrons. The van der Waals surface area contributed by atoms with Crippen LogP contribution in [0, 0.1) is 0 Å². The van der Waals surface area contributed by atoms with E-state index in [0.29, 0.717) is 15.7 Å². The van der Waals surface area contributed by atoms with Crippen molar-refractivity contribution in [2.45, 2.75) is 12.1 Å². The number of ether oxygens (including phenoxy) is 1. The van der Waals surface area contributed by atoms with Crippen molar-refractivity contribution >= 4 is 56.5 Å². The molecule has 3 aromatic heterocycles. The average molecular weight is 489 g/mol. The van der Waals surface area contributed by atoms with Crippen LogP contribution in [0.5, 0.6) is 0 Å². The van der Waals surface area contributed by atoms with Crippen LogP contribution in [-0.2, 0) is 9.53 Å². The molecule has 0 spiro atoms. The molecule has 0 radical (unpaired) electrons. The lowest BCUT2D eigenvalue weighted by molar-refractivity contribution is -0.113. The molecule has 0 fully saturated rings. The Morgan fingerprint density at radius 3 is 2.65 bits per heavy atom. The number of fused-ring (bicyclic) bond motifs is 3. The summed E-state index contributed by atoms with van der Waals surface area (Å²) in [6, 6.07) is 23.3. The van der Waals surface area contributed by atoms with Gasteiger partial charge in [0.25, 0.3) is 0 Å². The van der Waals surface area contributed by atoms with Gasteiger partial charge >= 0.3 is 5.97 Å². The number of benzene rings is 2. The Kier molecular flexibility index (Phi) is 6.29. The van der Waals surface area contributed by atoms with Crippen molar-refractivity contribution in [2.75, 3.05) is 17.7 Å². The lowest BCUT2D eigenvalue weighted by Gasteiger charge is -2.06. The number of rotatable bonds is 7. The first-order chi connectivity index (χ1) is 16.6. The van der Waals surface area contributed by atoms with E-state index < -0.39 is 5.97 Å². The zero-order valence-electron chi connectivity index (χ0n) is 18.2. The molecular weight excluding hydrogens is 468 g/mol. The second-order valence-electron chi connectivity index (χ2n) is 7.35. The smallest absolute Gasteiger partial charge is 0.341 e. The van der Waals surface area contributed by atoms with Crippen LogP contribution in [0.1, 0.15) is 17.3 Å². The van der Waals surface area contributed by atoms with E-state index >= 15 is 0 Å². The summed E-state index contributed by atoms with van der Waals surface area (Å²) in [5.74, 6) is -0.585. The van der Waals surface area contributed by atoms with Crippen molar-refractivity contribution in [1.29, 1.82) is 0 Å². The van der Waals surface area contributed by atoms with Crippen LogP contribution >= 0.6 is 23.1 Å². The van der Waals surface area contributed by atoms with E-state index in [1.165, 1.54) is 23.1 Å². The summed E-state index contributed by atoms with van der Waals surface area (Å²) in [5, 5.41) is 13.5. The Morgan fingerprint density at radius 1 is 1.03 bits per heavy atom. The Bertz CT molecular complexity index is 1490. The topological polar surface area (TPSA) is 85.6 Å². The van der Waals surface area contributed by atoms with Gasteiger partial charge < -0.3 is 10.1 Å². The van der Waals surface area contributed by atoms with E-state index in [4.69, 9.17) is 4.74 Å². The first kappa shape index (κ1) is 22.1. The van der Waals surface area contributed by atoms with Gasteiger partial charge in [-0.2, -0.15) is 0 Å². The molecule has 7 nitrogen and oxygen atoms in total. The number of anilines is 1. The standard InChI is InChI=1S/C25H20N4O3S2/c1-2-32-24(31)18-14-20(17-9-4-3-5-10-17)34-23(18)26-22(30)15-33-25-28-27-21-13-12-16-8-6-7-11-19(16)29(21)25/h3-14H,2,15H2,1H3,(H,26,30). The highest BCUT2D eigenvalue weighted by atomic mass is 32.2. The maximum atomic E-state index is 12.9. The second kappa shape index (κ2) is 9.66. The van der Waals surface area contributed by atoms with E-state index in [-0.39, 0.29) is 18.3 Å². The largest absolute Gasteiger partial charge is 0.462 e. The molecule has 3 heterocycles. The molecule has 0 saturated carbocycles. The first-order valence-electron chi connectivity index (χ1n) is 10.7. The van der Waals surface area contributed by atoms with E-state index in [1.807, 2.05) is 71.1 Å². The Labute approximate surface area is 203 Å². The second-order valence-corrected chi connectivity index (χ2v) is 9.34. The normalized spacial score (nSPS) is 11.1. The number of aromatic nitrogens is 3. The molecule has 0 bridgehead atoms. The minimum atomic E-state index is -0.459. The van der Waals surface area contributed by atoms with E-state index in [0.717, 1.165) is 27.0 Å². The summed E-state index contributed by atoms with van der Waals surface area (Å²) in [4.78, 5) is 26.2. The Morgan fingerprint density at radius 2 is 1.82 bits per heavy atom. The van der Waals surface area contributed by atoms with Crippen LogP contribution < -0.4 is 5.32 Å². The molecule has 1 amide bonds. The fraction of sp³-hybridized carbons (Fsp3) is 0.120. The molecule has 0 unspecified atom stereocenters. The van der Waals surface area contributed by atoms with Crippen molar-refractivity contribution in [1.82, 2.24) is 14.6 Å². The van der Waals surface area contributed by atoms with Gasteiger partial charge in [-0.05, 0) is 42.1 Å². The first-order valence-corrected chi connectivity index (χ1v) is 12.5. The fourth-order valence-corrected chi connectivity index (χ4v) is 5.41. The lowest BCUT2D eigenvalue weighted by atomic mass is 10.1. The number of para-hydroxylation sites is 1. The molecule has 0 aliphatic rings. The van der Waals surface area contributed by atoms with Gasteiger partial charge in [0.1, 0.15) is 5.00 Å². The monoisotopic (exact) mass is 488 g/mol. The molecular formula is C25H20N4O3S2. The molecule has 5 rings (SSSR count). The van der Waals surface area contributed by atoms with E-state index in [1.54, 1.807) is 13.0 Å². The summed E-state index contributed by atoms with van der Waals surface area (Å²) >= 11 is 2.64. The molecule has 0 aliphatic heterocycles. The number of thioether (sulfide) groups is 1. The number of amides is 1. The number of pyridine rings is 1. The predicted octanol–water partition coefficient (Wildman–Crippen LogP) is 5.52. The summed E-state index contributed by atoms with van der Waals surface area (Å²) < 4.78 is 7.14. The number of esters is 1. The summed E-state index contributed by atoms with van der Waals surface area (Å²) in [6.45, 7) is 2.01. The summed E-state index contributed by atoms with van der Waals surface area (Å²) in [5.41, 5.74) is 3.01. The number of hydrogen-bond donors (Lipinski definition) is 1. The van der Waals surface area contributed by atoms with Gasteiger partial charge in [-0.15, -0.1) is 21.5 Å². The maximum Gasteiger partial charge on any atom is 0.341 e. The average Bonchev–Trinajstić information content (AvgIpc) is 3.48. The van der Waals surface area contributed by atoms with Gasteiger partial charge in [0.05, 0.1) is 23.4 Å². The highest BCUT2D eigenvalue weighted by molar-refractivity contribution is 7.99. The highest BCUT2D eigenvalue weighted by Crippen LogP contribution is 2.36.